The molecule has 0 amide bonds. The Balaban J connectivity index is 1.87. The second-order valence-corrected chi connectivity index (χ2v) is 5.57. The molecule has 0 radical (unpaired) electrons. The maximum Gasteiger partial charge on any atom is 0.148 e. The van der Waals surface area contributed by atoms with Gasteiger partial charge in [-0.05, 0) is 6.07 Å². The van der Waals surface area contributed by atoms with E-state index < -0.39 is 5.82 Å². The number of rotatable bonds is 4. The van der Waals surface area contributed by atoms with E-state index in [1.807, 2.05) is 4.90 Å². The number of benzene rings is 1. The Hall–Kier alpha value is -2.18. The third-order valence-electron chi connectivity index (χ3n) is 3.65. The van der Waals surface area contributed by atoms with Crippen molar-refractivity contribution in [1.29, 1.82) is 0 Å². The molecule has 2 aromatic rings. The van der Waals surface area contributed by atoms with Crippen LogP contribution in [0.2, 0.25) is 5.02 Å². The molecule has 0 aliphatic carbocycles. The number of aliphatic hydroxyl groups is 1. The lowest BCUT2D eigenvalue weighted by molar-refractivity contribution is 0.211. The predicted octanol–water partition coefficient (Wildman–Crippen LogP) is 2.86. The third-order valence-corrected chi connectivity index (χ3v) is 3.93. The Labute approximate surface area is 138 Å². The summed E-state index contributed by atoms with van der Waals surface area (Å²) in [5, 5.41) is 13.5. The average Bonchev–Trinajstić information content (AvgIpc) is 2.51. The van der Waals surface area contributed by atoms with Gasteiger partial charge in [0.25, 0.3) is 0 Å². The lowest BCUT2D eigenvalue weighted by Gasteiger charge is -2.33. The van der Waals surface area contributed by atoms with E-state index in [2.05, 4.69) is 10.1 Å². The fourth-order valence-corrected chi connectivity index (χ4v) is 2.75. The van der Waals surface area contributed by atoms with Crippen molar-refractivity contribution in [2.24, 2.45) is 5.16 Å². The first-order valence-electron chi connectivity index (χ1n) is 7.02. The van der Waals surface area contributed by atoms with E-state index in [1.165, 1.54) is 7.11 Å². The SMILES string of the molecule is CON=C1CN(c2ncc(-c3cccc(CO)c3F)cc2Cl)C1. The smallest absolute Gasteiger partial charge is 0.148 e. The van der Waals surface area contributed by atoms with Crippen molar-refractivity contribution in [3.63, 3.8) is 0 Å². The highest BCUT2D eigenvalue weighted by Gasteiger charge is 2.26. The van der Waals surface area contributed by atoms with Gasteiger partial charge in [-0.3, -0.25) is 0 Å². The Bertz CT molecular complexity index is 759. The zero-order valence-corrected chi connectivity index (χ0v) is 13.2. The molecule has 1 N–H and O–H groups in total. The first-order valence-corrected chi connectivity index (χ1v) is 7.40. The number of pyridine rings is 1. The molecule has 1 fully saturated rings. The second kappa shape index (κ2) is 6.52. The van der Waals surface area contributed by atoms with Gasteiger partial charge in [0.1, 0.15) is 18.7 Å². The minimum atomic E-state index is -0.459. The van der Waals surface area contributed by atoms with Crippen molar-refractivity contribution in [1.82, 2.24) is 4.98 Å². The zero-order valence-electron chi connectivity index (χ0n) is 12.5. The van der Waals surface area contributed by atoms with E-state index in [9.17, 15) is 4.39 Å². The van der Waals surface area contributed by atoms with Crippen LogP contribution in [0.1, 0.15) is 5.56 Å². The van der Waals surface area contributed by atoms with Gasteiger partial charge >= 0.3 is 0 Å². The number of aromatic nitrogens is 1. The molecule has 23 heavy (non-hydrogen) atoms. The monoisotopic (exact) mass is 335 g/mol. The molecule has 3 rings (SSSR count). The summed E-state index contributed by atoms with van der Waals surface area (Å²) in [5.41, 5.74) is 2.09. The minimum absolute atomic E-state index is 0.242. The van der Waals surface area contributed by atoms with Crippen molar-refractivity contribution < 1.29 is 14.3 Å². The number of aliphatic hydroxyl groups excluding tert-OH is 1. The maximum atomic E-state index is 14.3. The first kappa shape index (κ1) is 15.7. The molecule has 0 spiro atoms. The van der Waals surface area contributed by atoms with Crippen LogP contribution in [0.25, 0.3) is 11.1 Å². The number of hydrogen-bond donors (Lipinski definition) is 1. The Kier molecular flexibility index (Phi) is 4.45. The van der Waals surface area contributed by atoms with Crippen molar-refractivity contribution in [2.45, 2.75) is 6.61 Å². The zero-order chi connectivity index (χ0) is 16.4. The molecule has 0 saturated carbocycles. The molecule has 1 aliphatic heterocycles. The van der Waals surface area contributed by atoms with Gasteiger partial charge < -0.3 is 14.8 Å². The Morgan fingerprint density at radius 3 is 2.87 bits per heavy atom. The van der Waals surface area contributed by atoms with E-state index in [0.29, 0.717) is 35.1 Å². The second-order valence-electron chi connectivity index (χ2n) is 5.16. The summed E-state index contributed by atoms with van der Waals surface area (Å²) in [4.78, 5) is 11.0. The lowest BCUT2D eigenvalue weighted by Crippen LogP contribution is -2.48. The molecule has 1 aromatic carbocycles. The van der Waals surface area contributed by atoms with Crippen molar-refractivity contribution in [2.75, 3.05) is 25.1 Å². The summed E-state index contributed by atoms with van der Waals surface area (Å²) in [6.07, 6.45) is 1.58. The number of halogens is 2. The topological polar surface area (TPSA) is 58.0 Å². The highest BCUT2D eigenvalue weighted by atomic mass is 35.5. The van der Waals surface area contributed by atoms with E-state index in [4.69, 9.17) is 21.5 Å². The highest BCUT2D eigenvalue weighted by Crippen LogP contribution is 2.32. The molecular formula is C16H15ClFN3O2. The minimum Gasteiger partial charge on any atom is -0.399 e. The molecule has 1 aromatic heterocycles. The summed E-state index contributed by atoms with van der Waals surface area (Å²) in [6.45, 7) is 0.858. The van der Waals surface area contributed by atoms with Crippen LogP contribution in [0.5, 0.6) is 0 Å². The van der Waals surface area contributed by atoms with E-state index in [1.54, 1.807) is 30.5 Å². The van der Waals surface area contributed by atoms with Crippen LogP contribution in [-0.2, 0) is 11.4 Å². The molecule has 5 nitrogen and oxygen atoms in total. The molecule has 2 heterocycles. The molecule has 120 valence electrons. The molecule has 0 bridgehead atoms. The largest absolute Gasteiger partial charge is 0.399 e. The van der Waals surface area contributed by atoms with Crippen molar-refractivity contribution >= 4 is 23.1 Å². The molecule has 7 heteroatoms. The quantitative estimate of drug-likeness (QED) is 0.873. The van der Waals surface area contributed by atoms with Gasteiger partial charge in [-0.15, -0.1) is 0 Å². The summed E-state index contributed by atoms with van der Waals surface area (Å²) in [6, 6.07) is 6.54. The van der Waals surface area contributed by atoms with Crippen molar-refractivity contribution in [3.05, 3.63) is 46.9 Å². The fourth-order valence-electron chi connectivity index (χ4n) is 2.47. The maximum absolute atomic E-state index is 14.3. The first-order chi connectivity index (χ1) is 11.1. The molecule has 1 aliphatic rings. The standard InChI is InChI=1S/C16H15ClFN3O2/c1-23-20-12-7-21(8-12)16-14(17)5-11(6-19-16)13-4-2-3-10(9-22)15(13)18/h2-6,22H,7-9H2,1H3. The summed E-state index contributed by atoms with van der Waals surface area (Å²) < 4.78 is 14.3. The highest BCUT2D eigenvalue weighted by molar-refractivity contribution is 6.33. The summed E-state index contributed by atoms with van der Waals surface area (Å²) in [7, 11) is 1.50. The Morgan fingerprint density at radius 1 is 1.43 bits per heavy atom. The van der Waals surface area contributed by atoms with Crippen LogP contribution in [0.15, 0.2) is 35.6 Å². The number of oxime groups is 1. The molecule has 1 saturated heterocycles. The van der Waals surface area contributed by atoms with Crippen LogP contribution in [0, 0.1) is 5.82 Å². The molecular weight excluding hydrogens is 321 g/mol. The number of nitrogens with zero attached hydrogens (tertiary/aromatic N) is 3. The normalized spacial score (nSPS) is 13.7. The van der Waals surface area contributed by atoms with Crippen LogP contribution >= 0.6 is 11.6 Å². The van der Waals surface area contributed by atoms with Crippen LogP contribution in [-0.4, -0.2) is 36.0 Å². The van der Waals surface area contributed by atoms with E-state index >= 15 is 0 Å². The van der Waals surface area contributed by atoms with Gasteiger partial charge in [0.2, 0.25) is 0 Å². The van der Waals surface area contributed by atoms with Crippen molar-refractivity contribution in [3.8, 4) is 11.1 Å². The average molecular weight is 336 g/mol. The summed E-state index contributed by atoms with van der Waals surface area (Å²) >= 11 is 6.29. The molecule has 0 atom stereocenters. The van der Waals surface area contributed by atoms with Gasteiger partial charge in [-0.2, -0.15) is 0 Å². The number of hydrogen-bond acceptors (Lipinski definition) is 5. The lowest BCUT2D eigenvalue weighted by atomic mass is 10.0. The van der Waals surface area contributed by atoms with Crippen LogP contribution in [0.4, 0.5) is 10.2 Å². The molecule has 0 unspecified atom stereocenters. The Morgan fingerprint density at radius 2 is 2.22 bits per heavy atom. The van der Waals surface area contributed by atoms with Gasteiger partial charge in [0.05, 0.1) is 30.4 Å². The third kappa shape index (κ3) is 3.00. The van der Waals surface area contributed by atoms with Crippen LogP contribution in [0.3, 0.4) is 0 Å². The number of anilines is 1. The van der Waals surface area contributed by atoms with Crippen LogP contribution < -0.4 is 4.90 Å². The predicted molar refractivity (Wildman–Crippen MR) is 87.2 cm³/mol. The van der Waals surface area contributed by atoms with E-state index in [0.717, 1.165) is 5.71 Å². The fraction of sp³-hybridized carbons (Fsp3) is 0.250. The van der Waals surface area contributed by atoms with E-state index in [-0.39, 0.29) is 12.2 Å². The van der Waals surface area contributed by atoms with Gasteiger partial charge in [0, 0.05) is 22.9 Å². The van der Waals surface area contributed by atoms with Gasteiger partial charge in [0.15, 0.2) is 0 Å². The van der Waals surface area contributed by atoms with Gasteiger partial charge in [-0.1, -0.05) is 35.0 Å². The van der Waals surface area contributed by atoms with Gasteiger partial charge in [-0.25, -0.2) is 9.37 Å². The summed E-state index contributed by atoms with van der Waals surface area (Å²) in [5.74, 6) is 0.170.